The van der Waals surface area contributed by atoms with Crippen LogP contribution in [0.5, 0.6) is 0 Å². The van der Waals surface area contributed by atoms with Crippen LogP contribution >= 0.6 is 0 Å². The Morgan fingerprint density at radius 1 is 1.17 bits per heavy atom. The zero-order valence-corrected chi connectivity index (χ0v) is 11.8. The fourth-order valence-corrected chi connectivity index (χ4v) is 0.0577. The summed E-state index contributed by atoms with van der Waals surface area (Å²) in [6, 6.07) is 0. The van der Waals surface area contributed by atoms with E-state index in [0.29, 0.717) is 0 Å². The van der Waals surface area contributed by atoms with Crippen molar-refractivity contribution >= 4 is 11.4 Å². The van der Waals surface area contributed by atoms with Crippen LogP contribution in [0, 0.1) is 0 Å². The van der Waals surface area contributed by atoms with E-state index >= 15 is 0 Å². The maximum Gasteiger partial charge on any atom is 1.00 e. The van der Waals surface area contributed by atoms with Crippen molar-refractivity contribution in [3.8, 4) is 0 Å². The van der Waals surface area contributed by atoms with Gasteiger partial charge in [0.05, 0.1) is 13.2 Å². The molecule has 6 nitrogen and oxygen atoms in total. The van der Waals surface area contributed by atoms with Crippen LogP contribution in [0.25, 0.3) is 0 Å². The van der Waals surface area contributed by atoms with Crippen LogP contribution in [0.2, 0.25) is 0 Å². The topological polar surface area (TPSA) is 124 Å². The molecule has 0 rings (SSSR count). The molecular formula is C3H8Na2O6S. The minimum Gasteiger partial charge on any atom is -0.784 e. The van der Waals surface area contributed by atoms with Crippen LogP contribution in [0.4, 0.5) is 0 Å². The number of aliphatic hydroxyl groups excluding tert-OH is 3. The van der Waals surface area contributed by atoms with Crippen molar-refractivity contribution in [1.29, 1.82) is 0 Å². The molecule has 0 fully saturated rings. The molecule has 0 heterocycles. The van der Waals surface area contributed by atoms with Gasteiger partial charge in [-0.15, -0.1) is 11.4 Å². The monoisotopic (exact) mass is 218 g/mol. The van der Waals surface area contributed by atoms with Crippen molar-refractivity contribution < 1.29 is 87.7 Å². The number of hydrogen-bond acceptors (Lipinski definition) is 6. The molecule has 9 heteroatoms. The first kappa shape index (κ1) is 23.6. The number of hydrogen-bond donors (Lipinski definition) is 3. The third-order valence-corrected chi connectivity index (χ3v) is 0.421. The zero-order valence-electron chi connectivity index (χ0n) is 6.97. The molecule has 0 aliphatic carbocycles. The molecule has 3 N–H and O–H groups in total. The largest absolute Gasteiger partial charge is 1.00 e. The van der Waals surface area contributed by atoms with E-state index in [-0.39, 0.29) is 72.3 Å². The molecule has 0 radical (unpaired) electrons. The van der Waals surface area contributed by atoms with Gasteiger partial charge in [0.2, 0.25) is 0 Å². The Kier molecular flexibility index (Phi) is 36.8. The van der Waals surface area contributed by atoms with E-state index in [2.05, 4.69) is 0 Å². The summed E-state index contributed by atoms with van der Waals surface area (Å²) < 4.78 is 25.3. The molecule has 64 valence electrons. The van der Waals surface area contributed by atoms with Gasteiger partial charge in [0.15, 0.2) is 0 Å². The Morgan fingerprint density at radius 2 is 1.33 bits per heavy atom. The molecule has 0 spiro atoms. The first-order chi connectivity index (χ1) is 4.54. The fraction of sp³-hybridized carbons (Fsp3) is 1.00. The molecule has 0 aromatic carbocycles. The van der Waals surface area contributed by atoms with Gasteiger partial charge in [0.1, 0.15) is 6.10 Å². The van der Waals surface area contributed by atoms with Gasteiger partial charge in [-0.2, -0.15) is 0 Å². The van der Waals surface area contributed by atoms with E-state index in [0.717, 1.165) is 0 Å². The predicted octanol–water partition coefficient (Wildman–Crippen LogP) is -8.66. The molecule has 0 atom stereocenters. The van der Waals surface area contributed by atoms with E-state index in [1.165, 1.54) is 0 Å². The van der Waals surface area contributed by atoms with E-state index in [1.807, 2.05) is 0 Å². The van der Waals surface area contributed by atoms with Crippen LogP contribution in [-0.4, -0.2) is 48.0 Å². The summed E-state index contributed by atoms with van der Waals surface area (Å²) >= 11 is -3.11. The van der Waals surface area contributed by atoms with E-state index in [4.69, 9.17) is 28.6 Å². The van der Waals surface area contributed by atoms with Crippen molar-refractivity contribution in [1.82, 2.24) is 0 Å². The van der Waals surface area contributed by atoms with E-state index in [9.17, 15) is 0 Å². The molecule has 0 saturated heterocycles. The van der Waals surface area contributed by atoms with Crippen molar-refractivity contribution in [2.75, 3.05) is 13.2 Å². The van der Waals surface area contributed by atoms with Crippen LogP contribution in [0.15, 0.2) is 0 Å². The minimum atomic E-state index is -3.11. The van der Waals surface area contributed by atoms with Gasteiger partial charge < -0.3 is 24.4 Å². The van der Waals surface area contributed by atoms with Gasteiger partial charge in [-0.1, -0.05) is 0 Å². The molecule has 0 aliphatic rings. The summed E-state index contributed by atoms with van der Waals surface area (Å²) in [5.41, 5.74) is 0. The number of aliphatic hydroxyl groups is 3. The average molecular weight is 218 g/mol. The summed E-state index contributed by atoms with van der Waals surface area (Å²) in [5, 5.41) is 24.0. The maximum absolute atomic E-state index is 8.44. The van der Waals surface area contributed by atoms with Gasteiger partial charge in [-0.3, -0.25) is 4.21 Å². The van der Waals surface area contributed by atoms with Gasteiger partial charge in [-0.05, 0) is 0 Å². The molecule has 12 heavy (non-hydrogen) atoms. The second kappa shape index (κ2) is 18.7. The van der Waals surface area contributed by atoms with Crippen molar-refractivity contribution in [2.24, 2.45) is 0 Å². The summed E-state index contributed by atoms with van der Waals surface area (Å²) in [6.07, 6.45) is -0.954. The van der Waals surface area contributed by atoms with Crippen molar-refractivity contribution in [2.45, 2.75) is 6.10 Å². The Morgan fingerprint density at radius 3 is 1.33 bits per heavy atom. The van der Waals surface area contributed by atoms with Crippen molar-refractivity contribution in [3.05, 3.63) is 0 Å². The Balaban J connectivity index is -0.0000000483. The third kappa shape index (κ3) is 40.5. The van der Waals surface area contributed by atoms with Crippen LogP contribution < -0.4 is 59.1 Å². The SMILES string of the molecule is O=S([O-])[O-].OCC(O)CO.[Na+].[Na+]. The van der Waals surface area contributed by atoms with Crippen LogP contribution in [0.3, 0.4) is 0 Å². The molecule has 0 saturated carbocycles. The third-order valence-electron chi connectivity index (χ3n) is 0.421. The normalized spacial score (nSPS) is 7.92. The molecule has 0 aliphatic heterocycles. The standard InChI is InChI=1S/C3H8O3.2Na.H2O3S/c4-1-3(6)2-5;;;1-4(2)3/h3-6H,1-2H2;;;(H2,1,2,3)/q;2*+1;/p-2. The average Bonchev–Trinajstić information content (AvgIpc) is 1.85. The minimum absolute atomic E-state index is 0. The second-order valence-corrected chi connectivity index (χ2v) is 1.63. The molecule has 0 aromatic heterocycles. The van der Waals surface area contributed by atoms with Gasteiger partial charge in [0, 0.05) is 0 Å². The fourth-order valence-electron chi connectivity index (χ4n) is 0.0577. The maximum atomic E-state index is 8.44. The van der Waals surface area contributed by atoms with Crippen LogP contribution in [-0.2, 0) is 11.4 Å². The van der Waals surface area contributed by atoms with Gasteiger partial charge >= 0.3 is 59.1 Å². The summed E-state index contributed by atoms with van der Waals surface area (Å²) in [6.45, 7) is -0.729. The van der Waals surface area contributed by atoms with Crippen molar-refractivity contribution in [3.63, 3.8) is 0 Å². The number of rotatable bonds is 2. The smallest absolute Gasteiger partial charge is 0.784 e. The molecule has 0 amide bonds. The second-order valence-electron chi connectivity index (χ2n) is 1.22. The first-order valence-corrected chi connectivity index (χ1v) is 3.21. The quantitative estimate of drug-likeness (QED) is 0.312. The Labute approximate surface area is 117 Å². The van der Waals surface area contributed by atoms with E-state index < -0.39 is 17.5 Å². The summed E-state index contributed by atoms with van der Waals surface area (Å²) in [7, 11) is 0. The molecule has 0 bridgehead atoms. The summed E-state index contributed by atoms with van der Waals surface area (Å²) in [4.78, 5) is 0. The zero-order chi connectivity index (χ0) is 8.57. The van der Waals surface area contributed by atoms with Gasteiger partial charge in [-0.25, -0.2) is 0 Å². The van der Waals surface area contributed by atoms with Gasteiger partial charge in [0.25, 0.3) is 0 Å². The Hall–Kier alpha value is 1.95. The molecule has 0 unspecified atom stereocenters. The van der Waals surface area contributed by atoms with Crippen LogP contribution in [0.1, 0.15) is 0 Å². The summed E-state index contributed by atoms with van der Waals surface area (Å²) in [5.74, 6) is 0. The predicted molar refractivity (Wildman–Crippen MR) is 29.9 cm³/mol. The Bertz CT molecular complexity index is 84.9. The first-order valence-electron chi connectivity index (χ1n) is 2.21. The van der Waals surface area contributed by atoms with E-state index in [1.54, 1.807) is 0 Å². The molecule has 0 aromatic rings. The molecular weight excluding hydrogens is 210 g/mol.